The topological polar surface area (TPSA) is 63.8 Å². The Morgan fingerprint density at radius 3 is 2.55 bits per heavy atom. The van der Waals surface area contributed by atoms with Crippen LogP contribution in [0.5, 0.6) is 0 Å². The highest BCUT2D eigenvalue weighted by atomic mass is 19.1. The molecule has 8 heteroatoms. The van der Waals surface area contributed by atoms with Gasteiger partial charge in [-0.2, -0.15) is 5.10 Å². The van der Waals surface area contributed by atoms with E-state index >= 15 is 0 Å². The van der Waals surface area contributed by atoms with Crippen LogP contribution >= 0.6 is 0 Å². The Kier molecular flexibility index (Phi) is 4.24. The molecule has 0 bridgehead atoms. The summed E-state index contributed by atoms with van der Waals surface area (Å²) in [6.07, 6.45) is 0. The normalized spacial score (nSPS) is 15.8. The van der Waals surface area contributed by atoms with E-state index in [0.717, 1.165) is 37.2 Å². The fraction of sp³-hybridized carbons (Fsp3) is 0.333. The molecule has 1 fully saturated rings. The number of benzene rings is 2. The number of hydrogen-bond donors (Lipinski definition) is 2. The second kappa shape index (κ2) is 6.81. The van der Waals surface area contributed by atoms with Crippen LogP contribution in [0.15, 0.2) is 30.3 Å². The van der Waals surface area contributed by atoms with Crippen LogP contribution in [0, 0.1) is 11.6 Å². The zero-order valence-electron chi connectivity index (χ0n) is 16.3. The van der Waals surface area contributed by atoms with E-state index in [2.05, 4.69) is 43.8 Å². The van der Waals surface area contributed by atoms with Gasteiger partial charge in [0, 0.05) is 43.7 Å². The van der Waals surface area contributed by atoms with E-state index in [0.29, 0.717) is 34.2 Å². The third kappa shape index (κ3) is 3.13. The van der Waals surface area contributed by atoms with Crippen LogP contribution in [0.3, 0.4) is 0 Å². The highest BCUT2D eigenvalue weighted by Crippen LogP contribution is 2.30. The molecule has 2 N–H and O–H groups in total. The number of imidazole rings is 1. The number of aromatic amines is 2. The number of hydrogen-bond acceptors (Lipinski definition) is 4. The molecule has 2 aromatic heterocycles. The Hall–Kier alpha value is -3.00. The van der Waals surface area contributed by atoms with Gasteiger partial charge in [0.1, 0.15) is 17.3 Å². The van der Waals surface area contributed by atoms with E-state index < -0.39 is 0 Å². The van der Waals surface area contributed by atoms with Crippen molar-refractivity contribution >= 4 is 27.6 Å². The van der Waals surface area contributed by atoms with E-state index in [1.807, 2.05) is 6.07 Å². The molecule has 0 unspecified atom stereocenters. The molecule has 0 radical (unpaired) electrons. The van der Waals surface area contributed by atoms with Gasteiger partial charge in [-0.15, -0.1) is 0 Å². The lowest BCUT2D eigenvalue weighted by molar-refractivity contribution is 0.209. The van der Waals surface area contributed by atoms with Gasteiger partial charge in [0.25, 0.3) is 0 Å². The second-order valence-corrected chi connectivity index (χ2v) is 7.79. The Labute approximate surface area is 166 Å². The first-order valence-corrected chi connectivity index (χ1v) is 9.82. The van der Waals surface area contributed by atoms with Crippen LogP contribution in [-0.2, 0) is 0 Å². The number of H-pyrrole nitrogens is 2. The molecule has 0 saturated carbocycles. The Morgan fingerprint density at radius 1 is 1.00 bits per heavy atom. The Bertz CT molecular complexity index is 1190. The van der Waals surface area contributed by atoms with Crippen molar-refractivity contribution in [3.8, 4) is 11.5 Å². The molecule has 6 nitrogen and oxygen atoms in total. The monoisotopic (exact) mass is 396 g/mol. The largest absolute Gasteiger partial charge is 0.367 e. The summed E-state index contributed by atoms with van der Waals surface area (Å²) in [6, 6.07) is 8.19. The summed E-state index contributed by atoms with van der Waals surface area (Å²) >= 11 is 0. The van der Waals surface area contributed by atoms with Gasteiger partial charge in [-0.05, 0) is 38.1 Å². The number of piperazine rings is 1. The molecule has 0 amide bonds. The third-order valence-corrected chi connectivity index (χ3v) is 5.68. The zero-order valence-corrected chi connectivity index (χ0v) is 16.3. The van der Waals surface area contributed by atoms with Crippen molar-refractivity contribution in [3.05, 3.63) is 42.0 Å². The fourth-order valence-electron chi connectivity index (χ4n) is 4.02. The van der Waals surface area contributed by atoms with Crippen molar-refractivity contribution in [3.63, 3.8) is 0 Å². The molecule has 2 aromatic carbocycles. The van der Waals surface area contributed by atoms with E-state index in [1.165, 1.54) is 18.2 Å². The average Bonchev–Trinajstić information content (AvgIpc) is 3.30. The van der Waals surface area contributed by atoms with E-state index in [1.54, 1.807) is 6.07 Å². The Balaban J connectivity index is 1.50. The maximum atomic E-state index is 14.8. The minimum absolute atomic E-state index is 0.286. The van der Waals surface area contributed by atoms with Crippen molar-refractivity contribution in [2.24, 2.45) is 0 Å². The van der Waals surface area contributed by atoms with Crippen LogP contribution in [0.25, 0.3) is 33.5 Å². The van der Waals surface area contributed by atoms with Crippen molar-refractivity contribution in [1.82, 2.24) is 25.1 Å². The Morgan fingerprint density at radius 2 is 1.79 bits per heavy atom. The summed E-state index contributed by atoms with van der Waals surface area (Å²) in [5.41, 5.74) is 3.07. The van der Waals surface area contributed by atoms with Crippen molar-refractivity contribution < 1.29 is 8.78 Å². The molecule has 150 valence electrons. The molecule has 4 aromatic rings. The predicted octanol–water partition coefficient (Wildman–Crippen LogP) is 3.91. The number of nitrogens with zero attached hydrogens (tertiary/aromatic N) is 4. The van der Waals surface area contributed by atoms with Crippen LogP contribution in [0.1, 0.15) is 13.8 Å². The first kappa shape index (κ1) is 18.1. The summed E-state index contributed by atoms with van der Waals surface area (Å²) in [7, 11) is 0. The van der Waals surface area contributed by atoms with Gasteiger partial charge in [-0.25, -0.2) is 13.8 Å². The molecular formula is C21H22F2N6. The molecule has 1 aliphatic rings. The van der Waals surface area contributed by atoms with Gasteiger partial charge in [-0.1, -0.05) is 0 Å². The van der Waals surface area contributed by atoms with Gasteiger partial charge in [0.05, 0.1) is 22.2 Å². The summed E-state index contributed by atoms with van der Waals surface area (Å²) in [4.78, 5) is 12.2. The molecule has 1 saturated heterocycles. The number of nitrogens with one attached hydrogen (secondary N) is 2. The maximum absolute atomic E-state index is 14.8. The molecule has 0 atom stereocenters. The summed E-state index contributed by atoms with van der Waals surface area (Å²) < 4.78 is 28.5. The van der Waals surface area contributed by atoms with Crippen molar-refractivity contribution in [2.75, 3.05) is 31.1 Å². The number of halogens is 2. The number of anilines is 1. The number of aromatic nitrogens is 4. The van der Waals surface area contributed by atoms with Crippen LogP contribution in [0.2, 0.25) is 0 Å². The summed E-state index contributed by atoms with van der Waals surface area (Å²) in [5, 5.41) is 7.78. The van der Waals surface area contributed by atoms with E-state index in [-0.39, 0.29) is 11.6 Å². The second-order valence-electron chi connectivity index (χ2n) is 7.79. The molecular weight excluding hydrogens is 374 g/mol. The van der Waals surface area contributed by atoms with E-state index in [4.69, 9.17) is 0 Å². The molecule has 0 aliphatic carbocycles. The summed E-state index contributed by atoms with van der Waals surface area (Å²) in [5.74, 6) is -0.144. The lowest BCUT2D eigenvalue weighted by Crippen LogP contribution is -2.49. The molecule has 0 spiro atoms. The molecule has 1 aliphatic heterocycles. The maximum Gasteiger partial charge on any atom is 0.159 e. The molecule has 5 rings (SSSR count). The highest BCUT2D eigenvalue weighted by Gasteiger charge is 2.22. The lowest BCUT2D eigenvalue weighted by Gasteiger charge is -2.38. The first-order chi connectivity index (χ1) is 14.0. The first-order valence-electron chi connectivity index (χ1n) is 9.82. The smallest absolute Gasteiger partial charge is 0.159 e. The highest BCUT2D eigenvalue weighted by molar-refractivity contribution is 5.93. The predicted molar refractivity (Wildman–Crippen MR) is 110 cm³/mol. The lowest BCUT2D eigenvalue weighted by atomic mass is 10.2. The van der Waals surface area contributed by atoms with Crippen LogP contribution in [0.4, 0.5) is 14.5 Å². The van der Waals surface area contributed by atoms with Crippen LogP contribution in [-0.4, -0.2) is 57.3 Å². The van der Waals surface area contributed by atoms with Gasteiger partial charge in [0.2, 0.25) is 0 Å². The average molecular weight is 396 g/mol. The van der Waals surface area contributed by atoms with E-state index in [9.17, 15) is 8.78 Å². The fourth-order valence-corrected chi connectivity index (χ4v) is 4.02. The quantitative estimate of drug-likeness (QED) is 0.551. The van der Waals surface area contributed by atoms with Gasteiger partial charge >= 0.3 is 0 Å². The minimum atomic E-state index is -0.342. The molecule has 3 heterocycles. The minimum Gasteiger partial charge on any atom is -0.367 e. The van der Waals surface area contributed by atoms with Gasteiger partial charge in [-0.3, -0.25) is 10.00 Å². The SMILES string of the molecule is CC(C)N1CCN(c2cc3[nH]c(-c4n[nH]c5ccc(F)cc45)nc3cc2F)CC1. The van der Waals surface area contributed by atoms with Gasteiger partial charge < -0.3 is 9.88 Å². The van der Waals surface area contributed by atoms with Crippen molar-refractivity contribution in [1.29, 1.82) is 0 Å². The van der Waals surface area contributed by atoms with Gasteiger partial charge in [0.15, 0.2) is 5.82 Å². The third-order valence-electron chi connectivity index (χ3n) is 5.68. The van der Waals surface area contributed by atoms with Crippen LogP contribution < -0.4 is 4.90 Å². The molecule has 29 heavy (non-hydrogen) atoms. The summed E-state index contributed by atoms with van der Waals surface area (Å²) in [6.45, 7) is 7.75. The number of rotatable bonds is 3. The number of fused-ring (bicyclic) bond motifs is 2. The zero-order chi connectivity index (χ0) is 20.1. The van der Waals surface area contributed by atoms with Crippen molar-refractivity contribution in [2.45, 2.75) is 19.9 Å². The standard InChI is InChI=1S/C21H22F2N6/c1-12(2)28-5-7-29(8-6-28)19-11-18-17(10-15(19)23)24-21(25-18)20-14-9-13(22)3-4-16(14)26-27-20/h3-4,9-12H,5-8H2,1-2H3,(H,24,25)(H,26,27).